The van der Waals surface area contributed by atoms with E-state index in [0.717, 1.165) is 155 Å². The van der Waals surface area contributed by atoms with Crippen molar-refractivity contribution in [2.24, 2.45) is 4.99 Å². The molecule has 1 heterocycles. The maximum Gasteiger partial charge on any atom is 0.251 e. The van der Waals surface area contributed by atoms with E-state index >= 15 is 0 Å². The minimum absolute atomic E-state index is 0.0785. The number of nitrogens with one attached hydrogen (secondary N) is 5. The summed E-state index contributed by atoms with van der Waals surface area (Å²) in [4.78, 5) is 35.5. The highest BCUT2D eigenvalue weighted by Crippen LogP contribution is 2.32. The Labute approximate surface area is 412 Å². The van der Waals surface area contributed by atoms with E-state index in [1.807, 2.05) is 91.2 Å². The van der Waals surface area contributed by atoms with Crippen LogP contribution in [0, 0.1) is 45.7 Å². The molecule has 0 atom stereocenters. The number of benzene rings is 5. The summed E-state index contributed by atoms with van der Waals surface area (Å²) in [6, 6.07) is 32.2. The van der Waals surface area contributed by atoms with E-state index in [-0.39, 0.29) is 11.8 Å². The number of hydrogen-bond acceptors (Lipinski definition) is 9. The van der Waals surface area contributed by atoms with E-state index < -0.39 is 0 Å². The molecule has 1 aliphatic rings. The van der Waals surface area contributed by atoms with Crippen molar-refractivity contribution < 1.29 is 14.2 Å². The molecule has 0 radical (unpaired) electrons. The number of unbranched alkanes of at least 4 members (excludes halogenated alkanes) is 6. The minimum Gasteiger partial charge on any atom is -0.398 e. The molecule has 70 heavy (non-hydrogen) atoms. The van der Waals surface area contributed by atoms with Gasteiger partial charge in [0.1, 0.15) is 11.0 Å². The minimum atomic E-state index is -0.0844. The number of aryl methyl sites for hydroxylation is 3. The van der Waals surface area contributed by atoms with Crippen molar-refractivity contribution in [3.8, 4) is 36.1 Å². The molecule has 358 valence electrons. The van der Waals surface area contributed by atoms with Gasteiger partial charge in [-0.1, -0.05) is 62.4 Å². The number of nitrogen functional groups attached to an aromatic ring is 2. The Balaban J connectivity index is 0.745. The molecule has 0 bridgehead atoms. The predicted molar refractivity (Wildman–Crippen MR) is 289 cm³/mol. The molecule has 7 rings (SSSR count). The summed E-state index contributed by atoms with van der Waals surface area (Å²) in [5.74, 6) is -0.163. The average molecular weight is 934 g/mol. The van der Waals surface area contributed by atoms with E-state index in [0.29, 0.717) is 35.6 Å². The zero-order valence-corrected chi connectivity index (χ0v) is 40.9. The number of fused-ring (bicyclic) bond motifs is 2. The number of nitrogens with two attached hydrogens (primary N) is 2. The Morgan fingerprint density at radius 3 is 1.74 bits per heavy atom. The topological polar surface area (TPSA) is 175 Å². The van der Waals surface area contributed by atoms with E-state index in [2.05, 4.69) is 76.8 Å². The lowest BCUT2D eigenvalue weighted by Gasteiger charge is -2.17. The fraction of sp³-hybridized carbons (Fsp3) is 0.293. The summed E-state index contributed by atoms with van der Waals surface area (Å²) in [7, 11) is 0. The zero-order valence-electron chi connectivity index (χ0n) is 40.9. The number of allylic oxidation sites excluding steroid dienone is 3. The van der Waals surface area contributed by atoms with Gasteiger partial charge in [-0.3, -0.25) is 14.6 Å². The molecule has 12 heteroatoms. The van der Waals surface area contributed by atoms with Gasteiger partial charge in [0.15, 0.2) is 0 Å². The Kier molecular flexibility index (Phi) is 16.9. The summed E-state index contributed by atoms with van der Waals surface area (Å²) in [5.41, 5.74) is 28.9. The van der Waals surface area contributed by atoms with Gasteiger partial charge >= 0.3 is 0 Å². The number of hydrogen-bond donors (Lipinski definition) is 7. The lowest BCUT2D eigenvalue weighted by Crippen LogP contribution is -2.31. The van der Waals surface area contributed by atoms with Crippen LogP contribution in [0.15, 0.2) is 113 Å². The molecule has 0 fully saturated rings. The highest BCUT2D eigenvalue weighted by atomic mass is 16.2. The number of carbonyl (C=O) groups is 2. The van der Waals surface area contributed by atoms with Crippen molar-refractivity contribution in [1.82, 2.24) is 20.9 Å². The lowest BCUT2D eigenvalue weighted by atomic mass is 10.0. The number of carbonyl (C=O) groups excluding carboxylic acids is 2. The quantitative estimate of drug-likeness (QED) is 0.00932. The van der Waals surface area contributed by atoms with Crippen LogP contribution in [0.2, 0.25) is 0 Å². The van der Waals surface area contributed by atoms with Crippen molar-refractivity contribution in [2.45, 2.75) is 85.5 Å². The molecule has 0 unspecified atom stereocenters. The number of rotatable bonds is 21. The Morgan fingerprint density at radius 2 is 1.17 bits per heavy atom. The highest BCUT2D eigenvalue weighted by Gasteiger charge is 2.19. The van der Waals surface area contributed by atoms with E-state index in [4.69, 9.17) is 34.3 Å². The monoisotopic (exact) mass is 934 g/mol. The molecule has 12 nitrogen and oxygen atoms in total. The van der Waals surface area contributed by atoms with Crippen LogP contribution in [0.1, 0.15) is 102 Å². The first-order valence-electron chi connectivity index (χ1n) is 24.3. The molecule has 0 saturated heterocycles. The second kappa shape index (κ2) is 23.8. The first-order valence-corrected chi connectivity index (χ1v) is 24.3. The molecule has 1 aromatic heterocycles. The van der Waals surface area contributed by atoms with Crippen LogP contribution in [-0.2, 0) is 0 Å². The third kappa shape index (κ3) is 12.7. The van der Waals surface area contributed by atoms with E-state index in [1.165, 1.54) is 0 Å². The van der Waals surface area contributed by atoms with Crippen LogP contribution in [0.3, 0.4) is 0 Å². The number of nitrogens with zero attached hydrogens (tertiary/aromatic N) is 3. The molecule has 1 aliphatic carbocycles. The van der Waals surface area contributed by atoms with Crippen LogP contribution in [0.4, 0.5) is 28.4 Å². The predicted octanol–water partition coefficient (Wildman–Crippen LogP) is 10.2. The smallest absolute Gasteiger partial charge is 0.251 e. The van der Waals surface area contributed by atoms with E-state index in [1.54, 1.807) is 0 Å². The lowest BCUT2D eigenvalue weighted by molar-refractivity contribution is -0.524. The second-order valence-corrected chi connectivity index (χ2v) is 18.0. The normalized spacial score (nSPS) is 12.7. The van der Waals surface area contributed by atoms with Gasteiger partial charge in [0.2, 0.25) is 17.1 Å². The van der Waals surface area contributed by atoms with Crippen molar-refractivity contribution in [3.05, 3.63) is 136 Å². The molecular weight excluding hydrogens is 869 g/mol. The second-order valence-electron chi connectivity index (χ2n) is 18.0. The fourth-order valence-electron chi connectivity index (χ4n) is 8.57. The zero-order chi connectivity index (χ0) is 49.6. The third-order valence-corrected chi connectivity index (χ3v) is 12.8. The van der Waals surface area contributed by atoms with Crippen molar-refractivity contribution in [3.63, 3.8) is 0 Å². The summed E-state index contributed by atoms with van der Waals surface area (Å²) in [6.45, 7) is 11.0. The number of anilines is 4. The summed E-state index contributed by atoms with van der Waals surface area (Å²) < 4.78 is 1.82. The third-order valence-electron chi connectivity index (χ3n) is 12.8. The maximum atomic E-state index is 12.9. The van der Waals surface area contributed by atoms with Gasteiger partial charge in [-0.15, -0.1) is 4.57 Å². The molecule has 5 aromatic carbocycles. The van der Waals surface area contributed by atoms with Gasteiger partial charge in [-0.25, -0.2) is 4.98 Å². The first-order chi connectivity index (χ1) is 33.9. The Hall–Kier alpha value is -8.09. The van der Waals surface area contributed by atoms with Gasteiger partial charge in [0, 0.05) is 90.4 Å². The van der Waals surface area contributed by atoms with Crippen LogP contribution in [0.25, 0.3) is 33.2 Å². The maximum absolute atomic E-state index is 12.9. The molecule has 0 aliphatic heterocycles. The number of aliphatic imine (C=N–C) groups is 1. The standard InChI is InChI=1S/C58H64N10O2/c1-7-61-51-35-47(59)38(3)32-52(51)66-46-25-26-49(40(5)31-46)62-27-13-9-11-15-29-64-57(69)44-21-17-42(18-22-44)43-19-23-45(24-20-43)58(70)65-30-16-12-10-14-28-63-50-37-56-54(34-41(50)6)67-53-33-39(4)48(60)36-55(53)68(56)8-2/h1-2,17-24,26,31-37,61-62H,9-16,25,27-30,59H2,3-6H3,(H4,60,63,64,65,69,70)/p+1. The summed E-state index contributed by atoms with van der Waals surface area (Å²) in [6.07, 6.45) is 24.5. The number of terminal acetylenes is 2. The molecule has 9 N–H and O–H groups in total. The van der Waals surface area contributed by atoms with Crippen LogP contribution < -0.4 is 42.6 Å². The molecular formula is C58H65N10O2+. The van der Waals surface area contributed by atoms with Gasteiger partial charge in [0.25, 0.3) is 11.8 Å². The summed E-state index contributed by atoms with van der Waals surface area (Å²) in [5, 5.41) is 16.2. The average Bonchev–Trinajstić information content (AvgIpc) is 3.35. The highest BCUT2D eigenvalue weighted by molar-refractivity contribution is 6.01. The van der Waals surface area contributed by atoms with Gasteiger partial charge in [0.05, 0.1) is 11.4 Å². The van der Waals surface area contributed by atoms with Crippen molar-refractivity contribution in [1.29, 1.82) is 0 Å². The molecule has 2 amide bonds. The van der Waals surface area contributed by atoms with Crippen LogP contribution in [-0.4, -0.2) is 48.7 Å². The Bertz CT molecular complexity index is 3060. The van der Waals surface area contributed by atoms with Crippen molar-refractivity contribution in [2.75, 3.05) is 48.3 Å². The number of aromatic nitrogens is 2. The van der Waals surface area contributed by atoms with Gasteiger partial charge in [-0.2, -0.15) is 0 Å². The molecule has 6 aromatic rings. The number of amides is 2. The summed E-state index contributed by atoms with van der Waals surface area (Å²) >= 11 is 0. The first kappa shape index (κ1) is 49.8. The molecule has 0 saturated carbocycles. The van der Waals surface area contributed by atoms with Gasteiger partial charge < -0.3 is 38.1 Å². The van der Waals surface area contributed by atoms with E-state index in [9.17, 15) is 9.59 Å². The SMILES string of the molecule is C#CNc1cc(N)c(C)cc1N=C1C=C(C)C(NCCCCCCNC(=O)c2ccc(-c3ccc(C(=O)NCCCCCCNc4cc5c(cc4C)nc4cc(C)c(N)cc4[n+]5C#C)cc3)cc2)=CC1. The van der Waals surface area contributed by atoms with Crippen LogP contribution in [0.5, 0.6) is 0 Å². The van der Waals surface area contributed by atoms with Crippen LogP contribution >= 0.6 is 0 Å². The van der Waals surface area contributed by atoms with Gasteiger partial charge in [-0.05, 0) is 148 Å². The molecule has 0 spiro atoms. The van der Waals surface area contributed by atoms with Crippen molar-refractivity contribution >= 4 is 68.0 Å². The largest absolute Gasteiger partial charge is 0.398 e. The Morgan fingerprint density at radius 1 is 0.643 bits per heavy atom. The fourth-order valence-corrected chi connectivity index (χ4v) is 8.57.